The van der Waals surface area contributed by atoms with E-state index in [-0.39, 0.29) is 0 Å². The van der Waals surface area contributed by atoms with Crippen molar-refractivity contribution in [1.29, 1.82) is 0 Å². The van der Waals surface area contributed by atoms with Gasteiger partial charge in [0.05, 0.1) is 0 Å². The highest BCUT2D eigenvalue weighted by molar-refractivity contribution is 5.25. The van der Waals surface area contributed by atoms with Crippen LogP contribution in [0.2, 0.25) is 0 Å². The fraction of sp³-hybridized carbons (Fsp3) is 0.684. The van der Waals surface area contributed by atoms with Gasteiger partial charge in [-0.25, -0.2) is 0 Å². The summed E-state index contributed by atoms with van der Waals surface area (Å²) in [7, 11) is 0. The minimum absolute atomic E-state index is 0.731. The van der Waals surface area contributed by atoms with E-state index in [1.54, 1.807) is 5.56 Å². The zero-order valence-electron chi connectivity index (χ0n) is 12.9. The van der Waals surface area contributed by atoms with Gasteiger partial charge < -0.3 is 5.32 Å². The van der Waals surface area contributed by atoms with Crippen molar-refractivity contribution in [3.05, 3.63) is 35.4 Å². The third-order valence-electron chi connectivity index (χ3n) is 5.18. The molecule has 0 radical (unpaired) electrons. The smallest absolute Gasteiger partial charge is 0.00684 e. The molecular formula is C19H29N. The molecule has 1 atom stereocenters. The molecule has 0 aliphatic heterocycles. The van der Waals surface area contributed by atoms with Crippen molar-refractivity contribution in [2.24, 2.45) is 5.92 Å². The molecular weight excluding hydrogens is 242 g/mol. The number of benzene rings is 1. The maximum atomic E-state index is 3.79. The molecule has 0 bridgehead atoms. The van der Waals surface area contributed by atoms with E-state index in [0.717, 1.165) is 17.9 Å². The second-order valence-electron chi connectivity index (χ2n) is 6.95. The van der Waals surface area contributed by atoms with Gasteiger partial charge in [-0.15, -0.1) is 0 Å². The van der Waals surface area contributed by atoms with Gasteiger partial charge in [-0.2, -0.15) is 0 Å². The van der Waals surface area contributed by atoms with Gasteiger partial charge in [-0.05, 0) is 50.0 Å². The van der Waals surface area contributed by atoms with Crippen molar-refractivity contribution in [3.63, 3.8) is 0 Å². The van der Waals surface area contributed by atoms with Crippen LogP contribution in [0.5, 0.6) is 0 Å². The summed E-state index contributed by atoms with van der Waals surface area (Å²) < 4.78 is 0. The van der Waals surface area contributed by atoms with Crippen LogP contribution in [0.25, 0.3) is 0 Å². The van der Waals surface area contributed by atoms with Gasteiger partial charge in [0.25, 0.3) is 0 Å². The minimum atomic E-state index is 0.731. The Hall–Kier alpha value is -0.820. The third kappa shape index (κ3) is 3.85. The fourth-order valence-electron chi connectivity index (χ4n) is 3.66. The lowest BCUT2D eigenvalue weighted by Gasteiger charge is -2.27. The lowest BCUT2D eigenvalue weighted by atomic mass is 9.81. The number of hydrogen-bond donors (Lipinski definition) is 1. The van der Waals surface area contributed by atoms with Crippen LogP contribution in [-0.4, -0.2) is 12.6 Å². The van der Waals surface area contributed by atoms with Crippen molar-refractivity contribution in [2.45, 2.75) is 70.3 Å². The molecule has 2 aliphatic carbocycles. The summed E-state index contributed by atoms with van der Waals surface area (Å²) in [4.78, 5) is 0. The molecule has 1 aromatic carbocycles. The van der Waals surface area contributed by atoms with Gasteiger partial charge in [0.2, 0.25) is 0 Å². The molecule has 2 fully saturated rings. The highest BCUT2D eigenvalue weighted by atomic mass is 14.9. The van der Waals surface area contributed by atoms with Crippen LogP contribution in [0.3, 0.4) is 0 Å². The van der Waals surface area contributed by atoms with Crippen molar-refractivity contribution >= 4 is 0 Å². The highest BCUT2D eigenvalue weighted by Crippen LogP contribution is 2.35. The second kappa shape index (κ2) is 6.76. The van der Waals surface area contributed by atoms with E-state index in [1.807, 2.05) is 0 Å². The molecule has 1 heteroatoms. The van der Waals surface area contributed by atoms with Crippen molar-refractivity contribution in [2.75, 3.05) is 6.54 Å². The molecule has 1 aromatic rings. The number of hydrogen-bond acceptors (Lipinski definition) is 1. The standard InChI is InChI=1S/C19H29N/c1-15-8-10-17(11-9-15)19(14-20-18-12-13-18)16-6-4-2-3-5-7-16/h8-11,16,18-20H,2-7,12-14H2,1H3. The Bertz CT molecular complexity index is 396. The summed E-state index contributed by atoms with van der Waals surface area (Å²) in [5.74, 6) is 1.63. The van der Waals surface area contributed by atoms with Gasteiger partial charge in [0.15, 0.2) is 0 Å². The largest absolute Gasteiger partial charge is 0.313 e. The topological polar surface area (TPSA) is 12.0 Å². The van der Waals surface area contributed by atoms with Crippen LogP contribution in [0.4, 0.5) is 0 Å². The predicted molar refractivity (Wildman–Crippen MR) is 86.1 cm³/mol. The van der Waals surface area contributed by atoms with Crippen LogP contribution >= 0.6 is 0 Å². The van der Waals surface area contributed by atoms with Crippen molar-refractivity contribution in [3.8, 4) is 0 Å². The minimum Gasteiger partial charge on any atom is -0.313 e. The Morgan fingerprint density at radius 1 is 0.950 bits per heavy atom. The van der Waals surface area contributed by atoms with Gasteiger partial charge in [-0.1, -0.05) is 55.5 Å². The lowest BCUT2D eigenvalue weighted by molar-refractivity contribution is 0.360. The molecule has 0 spiro atoms. The number of nitrogens with one attached hydrogen (secondary N) is 1. The first kappa shape index (κ1) is 14.1. The van der Waals surface area contributed by atoms with Crippen LogP contribution in [0.1, 0.15) is 68.4 Å². The summed E-state index contributed by atoms with van der Waals surface area (Å²) in [5, 5.41) is 3.79. The van der Waals surface area contributed by atoms with Gasteiger partial charge in [-0.3, -0.25) is 0 Å². The molecule has 20 heavy (non-hydrogen) atoms. The Morgan fingerprint density at radius 3 is 2.20 bits per heavy atom. The van der Waals surface area contributed by atoms with Gasteiger partial charge in [0, 0.05) is 12.6 Å². The molecule has 3 rings (SSSR count). The monoisotopic (exact) mass is 271 g/mol. The zero-order valence-corrected chi connectivity index (χ0v) is 12.9. The van der Waals surface area contributed by atoms with Crippen LogP contribution < -0.4 is 5.32 Å². The first-order valence-electron chi connectivity index (χ1n) is 8.63. The van der Waals surface area contributed by atoms with E-state index in [1.165, 1.54) is 63.5 Å². The maximum Gasteiger partial charge on any atom is 0.00684 e. The first-order valence-corrected chi connectivity index (χ1v) is 8.63. The molecule has 1 unspecified atom stereocenters. The summed E-state index contributed by atoms with van der Waals surface area (Å²) in [6.45, 7) is 3.38. The van der Waals surface area contributed by atoms with E-state index >= 15 is 0 Å². The Morgan fingerprint density at radius 2 is 1.60 bits per heavy atom. The number of rotatable bonds is 5. The summed E-state index contributed by atoms with van der Waals surface area (Å²) in [5.41, 5.74) is 2.94. The normalized spacial score (nSPS) is 22.4. The highest BCUT2D eigenvalue weighted by Gasteiger charge is 2.27. The van der Waals surface area contributed by atoms with Gasteiger partial charge >= 0.3 is 0 Å². The van der Waals surface area contributed by atoms with E-state index in [2.05, 4.69) is 36.5 Å². The van der Waals surface area contributed by atoms with Crippen LogP contribution in [-0.2, 0) is 0 Å². The molecule has 1 N–H and O–H groups in total. The molecule has 0 aromatic heterocycles. The molecule has 0 amide bonds. The average molecular weight is 271 g/mol. The maximum absolute atomic E-state index is 3.79. The second-order valence-corrected chi connectivity index (χ2v) is 6.95. The Kier molecular flexibility index (Phi) is 4.77. The molecule has 2 aliphatic rings. The average Bonchev–Trinajstić information content (AvgIpc) is 3.28. The summed E-state index contributed by atoms with van der Waals surface area (Å²) in [6, 6.07) is 10.2. The first-order chi connectivity index (χ1) is 9.83. The third-order valence-corrected chi connectivity index (χ3v) is 5.18. The molecule has 0 heterocycles. The van der Waals surface area contributed by atoms with Crippen LogP contribution in [0.15, 0.2) is 24.3 Å². The summed E-state index contributed by atoms with van der Waals surface area (Å²) in [6.07, 6.45) is 11.4. The predicted octanol–water partition coefficient (Wildman–Crippen LogP) is 4.80. The van der Waals surface area contributed by atoms with E-state index in [9.17, 15) is 0 Å². The lowest BCUT2D eigenvalue weighted by Crippen LogP contribution is -2.28. The fourth-order valence-corrected chi connectivity index (χ4v) is 3.66. The van der Waals surface area contributed by atoms with E-state index < -0.39 is 0 Å². The van der Waals surface area contributed by atoms with Crippen LogP contribution in [0, 0.1) is 12.8 Å². The van der Waals surface area contributed by atoms with E-state index in [4.69, 9.17) is 0 Å². The van der Waals surface area contributed by atoms with Crippen molar-refractivity contribution < 1.29 is 0 Å². The molecule has 1 nitrogen and oxygen atoms in total. The van der Waals surface area contributed by atoms with Crippen molar-refractivity contribution in [1.82, 2.24) is 5.32 Å². The SMILES string of the molecule is Cc1ccc(C(CNC2CC2)C2CCCCCC2)cc1. The van der Waals surface area contributed by atoms with E-state index in [0.29, 0.717) is 0 Å². The Balaban J connectivity index is 1.72. The zero-order chi connectivity index (χ0) is 13.8. The molecule has 2 saturated carbocycles. The Labute approximate surface area is 124 Å². The van der Waals surface area contributed by atoms with Gasteiger partial charge in [0.1, 0.15) is 0 Å². The molecule has 110 valence electrons. The summed E-state index contributed by atoms with van der Waals surface area (Å²) >= 11 is 0. The quantitative estimate of drug-likeness (QED) is 0.758. The number of aryl methyl sites for hydroxylation is 1. The molecule has 0 saturated heterocycles.